The number of hydrogen-bond donors (Lipinski definition) is 0. The Labute approximate surface area is 162 Å². The van der Waals surface area contributed by atoms with Crippen LogP contribution in [0.15, 0.2) is 72.8 Å². The van der Waals surface area contributed by atoms with Crippen LogP contribution in [0.3, 0.4) is 0 Å². The zero-order valence-corrected chi connectivity index (χ0v) is 16.3. The van der Waals surface area contributed by atoms with Gasteiger partial charge in [-0.25, -0.2) is 0 Å². The van der Waals surface area contributed by atoms with Gasteiger partial charge in [-0.3, -0.25) is 4.79 Å². The van der Waals surface area contributed by atoms with Crippen molar-refractivity contribution in [3.8, 4) is 11.5 Å². The van der Waals surface area contributed by atoms with Gasteiger partial charge in [0.1, 0.15) is 11.5 Å². The first-order valence-corrected chi connectivity index (χ1v) is 9.11. The van der Waals surface area contributed by atoms with Crippen molar-refractivity contribution >= 4 is 51.0 Å². The molecule has 0 radical (unpaired) electrons. The lowest BCUT2D eigenvalue weighted by Gasteiger charge is -2.08. The lowest BCUT2D eigenvalue weighted by atomic mass is 10.0. The van der Waals surface area contributed by atoms with Crippen molar-refractivity contribution in [3.05, 3.63) is 91.1 Å². The Morgan fingerprint density at radius 2 is 1.22 bits per heavy atom. The number of ketones is 1. The highest BCUT2D eigenvalue weighted by Gasteiger charge is 2.10. The minimum Gasteiger partial charge on any atom is -0.457 e. The predicted octanol–water partition coefficient (Wildman–Crippen LogP) is 5.92. The van der Waals surface area contributed by atoms with Gasteiger partial charge in [0, 0.05) is 18.3 Å². The van der Waals surface area contributed by atoms with E-state index >= 15 is 0 Å². The number of hydrogen-bond acceptors (Lipinski definition) is 2. The van der Waals surface area contributed by atoms with E-state index in [-0.39, 0.29) is 5.78 Å². The topological polar surface area (TPSA) is 26.3 Å². The third-order valence-corrected chi connectivity index (χ3v) is 4.56. The zero-order chi connectivity index (χ0) is 16.2. The number of carbonyl (C=O) groups excluding carboxylic acids is 1. The first-order chi connectivity index (χ1) is 11.1. The van der Waals surface area contributed by atoms with Crippen LogP contribution in [0.4, 0.5) is 0 Å². The van der Waals surface area contributed by atoms with Gasteiger partial charge in [0.05, 0.1) is 0 Å². The highest BCUT2D eigenvalue weighted by Crippen LogP contribution is 2.24. The van der Waals surface area contributed by atoms with Gasteiger partial charge >= 0.3 is 0 Å². The normalized spacial score (nSPS) is 10.3. The number of ether oxygens (including phenoxy) is 1. The Bertz CT molecular complexity index is 859. The zero-order valence-electron chi connectivity index (χ0n) is 12.0. The molecule has 0 aromatic heterocycles. The van der Waals surface area contributed by atoms with Crippen LogP contribution in [-0.4, -0.2) is 5.78 Å². The molecular formula is C19H12I2O2. The van der Waals surface area contributed by atoms with Gasteiger partial charge in [-0.15, -0.1) is 0 Å². The summed E-state index contributed by atoms with van der Waals surface area (Å²) in [6, 6.07) is 22.7. The second kappa shape index (κ2) is 7.44. The molecule has 0 fully saturated rings. The summed E-state index contributed by atoms with van der Waals surface area (Å²) >= 11 is 4.45. The molecular weight excluding hydrogens is 514 g/mol. The van der Waals surface area contributed by atoms with Crippen LogP contribution in [0.1, 0.15) is 15.9 Å². The van der Waals surface area contributed by atoms with Crippen LogP contribution in [0, 0.1) is 7.14 Å². The Morgan fingerprint density at radius 3 is 1.87 bits per heavy atom. The fourth-order valence-electron chi connectivity index (χ4n) is 2.16. The molecule has 0 unspecified atom stereocenters. The van der Waals surface area contributed by atoms with E-state index in [0.717, 1.165) is 12.9 Å². The molecule has 0 bridgehead atoms. The maximum absolute atomic E-state index is 12.6. The van der Waals surface area contributed by atoms with Crippen molar-refractivity contribution in [1.29, 1.82) is 0 Å². The molecule has 0 heterocycles. The average Bonchev–Trinajstić information content (AvgIpc) is 2.54. The third-order valence-electron chi connectivity index (χ3n) is 3.21. The maximum atomic E-state index is 12.6. The molecule has 0 N–H and O–H groups in total. The summed E-state index contributed by atoms with van der Waals surface area (Å²) in [6.45, 7) is 0. The monoisotopic (exact) mass is 526 g/mol. The van der Waals surface area contributed by atoms with Gasteiger partial charge in [0.15, 0.2) is 5.78 Å². The fourth-order valence-corrected chi connectivity index (χ4v) is 3.22. The summed E-state index contributed by atoms with van der Waals surface area (Å²) in [5, 5.41) is 0. The predicted molar refractivity (Wildman–Crippen MR) is 108 cm³/mol. The van der Waals surface area contributed by atoms with E-state index in [1.165, 1.54) is 0 Å². The molecule has 0 spiro atoms. The Morgan fingerprint density at radius 1 is 0.696 bits per heavy atom. The Hall–Kier alpha value is -1.41. The molecule has 3 aromatic carbocycles. The summed E-state index contributed by atoms with van der Waals surface area (Å²) in [5.41, 5.74) is 1.30. The SMILES string of the molecule is O=C(c1cccc(I)c1)c1cccc(Oc2cccc(I)c2)c1. The van der Waals surface area contributed by atoms with Crippen molar-refractivity contribution in [1.82, 2.24) is 0 Å². The van der Waals surface area contributed by atoms with E-state index in [2.05, 4.69) is 45.2 Å². The first-order valence-electron chi connectivity index (χ1n) is 6.95. The maximum Gasteiger partial charge on any atom is 0.193 e. The van der Waals surface area contributed by atoms with Gasteiger partial charge in [0.2, 0.25) is 0 Å². The minimum atomic E-state index is -0.00314. The number of carbonyl (C=O) groups is 1. The highest BCUT2D eigenvalue weighted by molar-refractivity contribution is 14.1. The Kier molecular flexibility index (Phi) is 5.32. The van der Waals surface area contributed by atoms with Crippen LogP contribution >= 0.6 is 45.2 Å². The number of benzene rings is 3. The van der Waals surface area contributed by atoms with Crippen LogP contribution in [0.2, 0.25) is 0 Å². The lowest BCUT2D eigenvalue weighted by molar-refractivity contribution is 0.103. The molecule has 0 atom stereocenters. The Balaban J connectivity index is 1.86. The molecule has 0 saturated carbocycles. The number of rotatable bonds is 4. The second-order valence-electron chi connectivity index (χ2n) is 4.93. The molecule has 0 saturated heterocycles. The van der Waals surface area contributed by atoms with Crippen molar-refractivity contribution in [2.24, 2.45) is 0 Å². The summed E-state index contributed by atoms with van der Waals surface area (Å²) in [7, 11) is 0. The van der Waals surface area contributed by atoms with E-state index in [1.807, 2.05) is 66.7 Å². The second-order valence-corrected chi connectivity index (χ2v) is 7.42. The standard InChI is InChI=1S/C19H12I2O2/c20-15-6-1-4-13(10-15)19(22)14-5-2-8-17(11-14)23-18-9-3-7-16(21)12-18/h1-12H. The summed E-state index contributed by atoms with van der Waals surface area (Å²) in [4.78, 5) is 12.6. The van der Waals surface area contributed by atoms with Gasteiger partial charge in [-0.2, -0.15) is 0 Å². The van der Waals surface area contributed by atoms with Crippen LogP contribution in [-0.2, 0) is 0 Å². The van der Waals surface area contributed by atoms with Gasteiger partial charge in [-0.05, 0) is 87.6 Å². The summed E-state index contributed by atoms with van der Waals surface area (Å²) in [5.74, 6) is 1.41. The van der Waals surface area contributed by atoms with E-state index in [1.54, 1.807) is 6.07 Å². The van der Waals surface area contributed by atoms with Crippen LogP contribution in [0.5, 0.6) is 11.5 Å². The number of halogens is 2. The molecule has 4 heteroatoms. The van der Waals surface area contributed by atoms with E-state index in [4.69, 9.17) is 4.74 Å². The average molecular weight is 526 g/mol. The quantitative estimate of drug-likeness (QED) is 0.312. The smallest absolute Gasteiger partial charge is 0.193 e. The fraction of sp³-hybridized carbons (Fsp3) is 0. The van der Waals surface area contributed by atoms with Crippen LogP contribution < -0.4 is 4.74 Å². The molecule has 0 amide bonds. The minimum absolute atomic E-state index is 0.00314. The van der Waals surface area contributed by atoms with E-state index in [9.17, 15) is 4.79 Å². The highest BCUT2D eigenvalue weighted by atomic mass is 127. The molecule has 0 aliphatic rings. The van der Waals surface area contributed by atoms with E-state index < -0.39 is 0 Å². The van der Waals surface area contributed by atoms with Gasteiger partial charge in [0.25, 0.3) is 0 Å². The molecule has 3 aromatic rings. The van der Waals surface area contributed by atoms with Crippen molar-refractivity contribution in [2.75, 3.05) is 0 Å². The summed E-state index contributed by atoms with van der Waals surface area (Å²) < 4.78 is 8.00. The van der Waals surface area contributed by atoms with E-state index in [0.29, 0.717) is 16.9 Å². The lowest BCUT2D eigenvalue weighted by Crippen LogP contribution is -2.01. The van der Waals surface area contributed by atoms with Crippen molar-refractivity contribution in [3.63, 3.8) is 0 Å². The van der Waals surface area contributed by atoms with Gasteiger partial charge in [-0.1, -0.05) is 30.3 Å². The molecule has 0 aliphatic heterocycles. The van der Waals surface area contributed by atoms with Gasteiger partial charge < -0.3 is 4.74 Å². The first kappa shape index (κ1) is 16.4. The summed E-state index contributed by atoms with van der Waals surface area (Å²) in [6.07, 6.45) is 0. The third kappa shape index (κ3) is 4.32. The molecule has 114 valence electrons. The molecule has 3 rings (SSSR count). The van der Waals surface area contributed by atoms with Crippen molar-refractivity contribution < 1.29 is 9.53 Å². The molecule has 0 aliphatic carbocycles. The van der Waals surface area contributed by atoms with Crippen LogP contribution in [0.25, 0.3) is 0 Å². The molecule has 2 nitrogen and oxygen atoms in total. The van der Waals surface area contributed by atoms with Crippen molar-refractivity contribution in [2.45, 2.75) is 0 Å². The molecule has 23 heavy (non-hydrogen) atoms. The largest absolute Gasteiger partial charge is 0.457 e.